The fourth-order valence-corrected chi connectivity index (χ4v) is 2.56. The predicted molar refractivity (Wildman–Crippen MR) is 87.3 cm³/mol. The summed E-state index contributed by atoms with van der Waals surface area (Å²) in [7, 11) is 0. The van der Waals surface area contributed by atoms with E-state index in [-0.39, 0.29) is 11.7 Å². The lowest BCUT2D eigenvalue weighted by Crippen LogP contribution is -2.23. The Labute approximate surface area is 129 Å². The first-order chi connectivity index (χ1) is 10.6. The fraction of sp³-hybridized carbons (Fsp3) is 0.176. The summed E-state index contributed by atoms with van der Waals surface area (Å²) in [5, 5.41) is 13.6. The van der Waals surface area contributed by atoms with Crippen molar-refractivity contribution >= 4 is 17.4 Å². The molecule has 0 saturated heterocycles. The molecular formula is C17H18N4O. The van der Waals surface area contributed by atoms with Crippen LogP contribution in [0.5, 0.6) is 0 Å². The van der Waals surface area contributed by atoms with Gasteiger partial charge in [-0.3, -0.25) is 10.2 Å². The SMILES string of the molecule is N=C(N)c1ccc(C(=O)Nc2ccc3c(c2)CNCC3)cc1. The molecule has 5 heteroatoms. The highest BCUT2D eigenvalue weighted by molar-refractivity contribution is 6.05. The summed E-state index contributed by atoms with van der Waals surface area (Å²) >= 11 is 0. The van der Waals surface area contributed by atoms with Gasteiger partial charge in [0.25, 0.3) is 5.91 Å². The standard InChI is InChI=1S/C17H18N4O/c18-16(19)12-1-3-13(4-2-12)17(22)21-15-6-5-11-7-8-20-10-14(11)9-15/h1-6,9,20H,7-8,10H2,(H3,18,19)(H,21,22). The average Bonchev–Trinajstić information content (AvgIpc) is 2.55. The van der Waals surface area contributed by atoms with Gasteiger partial charge in [0.2, 0.25) is 0 Å². The Morgan fingerprint density at radius 1 is 1.09 bits per heavy atom. The molecule has 0 atom stereocenters. The van der Waals surface area contributed by atoms with E-state index in [1.165, 1.54) is 11.1 Å². The van der Waals surface area contributed by atoms with E-state index < -0.39 is 0 Å². The first-order valence-corrected chi connectivity index (χ1v) is 7.22. The van der Waals surface area contributed by atoms with Crippen LogP contribution >= 0.6 is 0 Å². The van der Waals surface area contributed by atoms with E-state index in [9.17, 15) is 4.79 Å². The molecule has 0 radical (unpaired) electrons. The molecule has 2 aromatic carbocycles. The molecule has 0 unspecified atom stereocenters. The second-order valence-corrected chi connectivity index (χ2v) is 5.36. The molecule has 0 bridgehead atoms. The van der Waals surface area contributed by atoms with Crippen molar-refractivity contribution in [2.45, 2.75) is 13.0 Å². The largest absolute Gasteiger partial charge is 0.384 e. The van der Waals surface area contributed by atoms with Crippen LogP contribution in [0, 0.1) is 5.41 Å². The van der Waals surface area contributed by atoms with Gasteiger partial charge < -0.3 is 16.4 Å². The van der Waals surface area contributed by atoms with Crippen LogP contribution in [0.3, 0.4) is 0 Å². The molecule has 5 nitrogen and oxygen atoms in total. The Kier molecular flexibility index (Phi) is 3.89. The lowest BCUT2D eigenvalue weighted by Gasteiger charge is -2.18. The zero-order chi connectivity index (χ0) is 15.5. The highest BCUT2D eigenvalue weighted by atomic mass is 16.1. The molecule has 2 aromatic rings. The normalized spacial score (nSPS) is 13.3. The number of nitrogens with two attached hydrogens (primary N) is 1. The molecule has 1 heterocycles. The zero-order valence-corrected chi connectivity index (χ0v) is 12.1. The average molecular weight is 294 g/mol. The van der Waals surface area contributed by atoms with E-state index in [4.69, 9.17) is 11.1 Å². The molecule has 5 N–H and O–H groups in total. The van der Waals surface area contributed by atoms with Gasteiger partial charge in [0.1, 0.15) is 5.84 Å². The number of anilines is 1. The summed E-state index contributed by atoms with van der Waals surface area (Å²) in [6, 6.07) is 12.7. The summed E-state index contributed by atoms with van der Waals surface area (Å²) in [5.74, 6) is -0.173. The molecule has 112 valence electrons. The molecule has 0 aliphatic carbocycles. The Morgan fingerprint density at radius 3 is 2.55 bits per heavy atom. The molecular weight excluding hydrogens is 276 g/mol. The number of benzene rings is 2. The fourth-order valence-electron chi connectivity index (χ4n) is 2.56. The Bertz CT molecular complexity index is 722. The van der Waals surface area contributed by atoms with Crippen molar-refractivity contribution in [3.63, 3.8) is 0 Å². The van der Waals surface area contributed by atoms with Crippen molar-refractivity contribution in [2.75, 3.05) is 11.9 Å². The Morgan fingerprint density at radius 2 is 1.82 bits per heavy atom. The molecule has 1 aliphatic heterocycles. The third-order valence-electron chi connectivity index (χ3n) is 3.81. The molecule has 0 spiro atoms. The van der Waals surface area contributed by atoms with Crippen LogP contribution in [0.2, 0.25) is 0 Å². The highest BCUT2D eigenvalue weighted by Crippen LogP contribution is 2.19. The molecule has 3 rings (SSSR count). The minimum atomic E-state index is -0.168. The number of fused-ring (bicyclic) bond motifs is 1. The monoisotopic (exact) mass is 294 g/mol. The van der Waals surface area contributed by atoms with Crippen LogP contribution < -0.4 is 16.4 Å². The molecule has 0 aromatic heterocycles. The quantitative estimate of drug-likeness (QED) is 0.514. The van der Waals surface area contributed by atoms with Crippen molar-refractivity contribution in [1.29, 1.82) is 5.41 Å². The van der Waals surface area contributed by atoms with E-state index in [1.807, 2.05) is 12.1 Å². The number of amidine groups is 1. The summed E-state index contributed by atoms with van der Waals surface area (Å²) in [5.41, 5.74) is 9.92. The number of carbonyl (C=O) groups excluding carboxylic acids is 1. The number of nitrogen functional groups attached to an aromatic ring is 1. The minimum Gasteiger partial charge on any atom is -0.384 e. The summed E-state index contributed by atoms with van der Waals surface area (Å²) < 4.78 is 0. The third-order valence-corrected chi connectivity index (χ3v) is 3.81. The maximum atomic E-state index is 12.3. The molecule has 0 fully saturated rings. The number of hydrogen-bond donors (Lipinski definition) is 4. The maximum Gasteiger partial charge on any atom is 0.255 e. The van der Waals surface area contributed by atoms with Crippen molar-refractivity contribution in [2.24, 2.45) is 5.73 Å². The van der Waals surface area contributed by atoms with E-state index >= 15 is 0 Å². The van der Waals surface area contributed by atoms with E-state index in [2.05, 4.69) is 16.7 Å². The zero-order valence-electron chi connectivity index (χ0n) is 12.1. The first-order valence-electron chi connectivity index (χ1n) is 7.22. The highest BCUT2D eigenvalue weighted by Gasteiger charge is 2.11. The third kappa shape index (κ3) is 2.99. The number of carbonyl (C=O) groups is 1. The predicted octanol–water partition coefficient (Wildman–Crippen LogP) is 1.87. The maximum absolute atomic E-state index is 12.3. The molecule has 1 aliphatic rings. The van der Waals surface area contributed by atoms with Crippen LogP contribution in [-0.2, 0) is 13.0 Å². The van der Waals surface area contributed by atoms with Gasteiger partial charge in [-0.2, -0.15) is 0 Å². The number of amides is 1. The van der Waals surface area contributed by atoms with Gasteiger partial charge in [0.05, 0.1) is 0 Å². The van der Waals surface area contributed by atoms with Crippen LogP contribution in [0.1, 0.15) is 27.0 Å². The lowest BCUT2D eigenvalue weighted by atomic mass is 10.0. The van der Waals surface area contributed by atoms with Crippen LogP contribution in [-0.4, -0.2) is 18.3 Å². The van der Waals surface area contributed by atoms with E-state index in [0.717, 1.165) is 25.2 Å². The van der Waals surface area contributed by atoms with Crippen LogP contribution in [0.15, 0.2) is 42.5 Å². The molecule has 1 amide bonds. The van der Waals surface area contributed by atoms with Gasteiger partial charge in [-0.05, 0) is 48.4 Å². The van der Waals surface area contributed by atoms with Gasteiger partial charge >= 0.3 is 0 Å². The van der Waals surface area contributed by atoms with Gasteiger partial charge in [-0.1, -0.05) is 18.2 Å². The van der Waals surface area contributed by atoms with Gasteiger partial charge in [0.15, 0.2) is 0 Å². The first kappa shape index (κ1) is 14.3. The Balaban J connectivity index is 1.75. The number of nitrogens with one attached hydrogen (secondary N) is 3. The second kappa shape index (κ2) is 5.99. The van der Waals surface area contributed by atoms with Crippen molar-refractivity contribution in [1.82, 2.24) is 5.32 Å². The minimum absolute atomic E-state index is 0.00542. The topological polar surface area (TPSA) is 91.0 Å². The second-order valence-electron chi connectivity index (χ2n) is 5.36. The smallest absolute Gasteiger partial charge is 0.255 e. The number of hydrogen-bond acceptors (Lipinski definition) is 3. The summed E-state index contributed by atoms with van der Waals surface area (Å²) in [4.78, 5) is 12.3. The summed E-state index contributed by atoms with van der Waals surface area (Å²) in [6.45, 7) is 1.84. The van der Waals surface area contributed by atoms with Crippen molar-refractivity contribution in [3.05, 3.63) is 64.7 Å². The number of rotatable bonds is 3. The van der Waals surface area contributed by atoms with E-state index in [1.54, 1.807) is 24.3 Å². The van der Waals surface area contributed by atoms with Crippen LogP contribution in [0.25, 0.3) is 0 Å². The van der Waals surface area contributed by atoms with Gasteiger partial charge in [-0.15, -0.1) is 0 Å². The summed E-state index contributed by atoms with van der Waals surface area (Å²) in [6.07, 6.45) is 1.02. The van der Waals surface area contributed by atoms with Gasteiger partial charge in [0, 0.05) is 23.4 Å². The van der Waals surface area contributed by atoms with Crippen LogP contribution in [0.4, 0.5) is 5.69 Å². The Hall–Kier alpha value is -2.66. The molecule has 0 saturated carbocycles. The van der Waals surface area contributed by atoms with Gasteiger partial charge in [-0.25, -0.2) is 0 Å². The van der Waals surface area contributed by atoms with Crippen molar-refractivity contribution < 1.29 is 4.79 Å². The lowest BCUT2D eigenvalue weighted by molar-refractivity contribution is 0.102. The van der Waals surface area contributed by atoms with Crippen molar-refractivity contribution in [3.8, 4) is 0 Å². The molecule has 22 heavy (non-hydrogen) atoms. The van der Waals surface area contributed by atoms with E-state index in [0.29, 0.717) is 11.1 Å².